The molecular formula is C35H52N2O4. The molecule has 1 amide bonds. The standard InChI is InChI=1S/C35H52N2O4/c1-23(2)21-37(30(39)11-7-6-10-24-8-4-3-5-9-24)27-16-17-35(40)29-20-26-14-15-28(38)32-31(26)34(35,33(27)41-32)18-19-36(29)22-25-12-13-25/h14-15,23-25,27,29,33,38,40H,3-13,16-22H2,1-2H3/t27-,29-,33+,34+,35-/m1/s1. The second-order valence-corrected chi connectivity index (χ2v) is 15.1. The van der Waals surface area contributed by atoms with E-state index in [1.807, 2.05) is 0 Å². The summed E-state index contributed by atoms with van der Waals surface area (Å²) >= 11 is 0. The van der Waals surface area contributed by atoms with Gasteiger partial charge in [-0.15, -0.1) is 0 Å². The minimum Gasteiger partial charge on any atom is -0.504 e. The molecule has 0 aromatic heterocycles. The molecule has 0 unspecified atom stereocenters. The predicted octanol–water partition coefficient (Wildman–Crippen LogP) is 5.95. The fourth-order valence-corrected chi connectivity index (χ4v) is 9.92. The van der Waals surface area contributed by atoms with Crippen LogP contribution in [0, 0.1) is 17.8 Å². The quantitative estimate of drug-likeness (QED) is 0.344. The molecule has 4 fully saturated rings. The predicted molar refractivity (Wildman–Crippen MR) is 160 cm³/mol. The van der Waals surface area contributed by atoms with Crippen molar-refractivity contribution in [3.63, 3.8) is 0 Å². The van der Waals surface area contributed by atoms with Crippen LogP contribution in [0.4, 0.5) is 0 Å². The van der Waals surface area contributed by atoms with E-state index in [4.69, 9.17) is 4.74 Å². The van der Waals surface area contributed by atoms with Crippen molar-refractivity contribution in [2.75, 3.05) is 19.6 Å². The van der Waals surface area contributed by atoms with Crippen molar-refractivity contribution >= 4 is 5.91 Å². The highest BCUT2D eigenvalue weighted by Crippen LogP contribution is 2.66. The number of carbonyl (C=O) groups is 1. The Balaban J connectivity index is 1.16. The van der Waals surface area contributed by atoms with E-state index in [1.165, 1.54) is 56.9 Å². The molecule has 1 saturated heterocycles. The van der Waals surface area contributed by atoms with Crippen LogP contribution in [-0.2, 0) is 16.6 Å². The van der Waals surface area contributed by atoms with Crippen LogP contribution >= 0.6 is 0 Å². The molecule has 4 aliphatic carbocycles. The summed E-state index contributed by atoms with van der Waals surface area (Å²) in [6, 6.07) is 3.84. The van der Waals surface area contributed by atoms with Gasteiger partial charge in [0.05, 0.1) is 17.1 Å². The summed E-state index contributed by atoms with van der Waals surface area (Å²) in [5.41, 5.74) is 0.806. The van der Waals surface area contributed by atoms with E-state index in [9.17, 15) is 15.0 Å². The molecule has 2 heterocycles. The van der Waals surface area contributed by atoms with Gasteiger partial charge in [0.15, 0.2) is 11.5 Å². The third kappa shape index (κ3) is 4.61. The molecule has 226 valence electrons. The number of hydrogen-bond acceptors (Lipinski definition) is 5. The van der Waals surface area contributed by atoms with Crippen LogP contribution in [0.3, 0.4) is 0 Å². The lowest BCUT2D eigenvalue weighted by molar-refractivity contribution is -0.202. The highest BCUT2D eigenvalue weighted by atomic mass is 16.5. The number of piperidine rings is 1. The van der Waals surface area contributed by atoms with Crippen molar-refractivity contribution < 1.29 is 19.7 Å². The summed E-state index contributed by atoms with van der Waals surface area (Å²) in [4.78, 5) is 18.7. The van der Waals surface area contributed by atoms with E-state index in [-0.39, 0.29) is 29.8 Å². The Morgan fingerprint density at radius 3 is 2.63 bits per heavy atom. The summed E-state index contributed by atoms with van der Waals surface area (Å²) in [7, 11) is 0. The number of nitrogens with zero attached hydrogens (tertiary/aromatic N) is 2. The van der Waals surface area contributed by atoms with Gasteiger partial charge in [-0.1, -0.05) is 64.9 Å². The largest absolute Gasteiger partial charge is 0.504 e. The molecule has 2 bridgehead atoms. The first-order valence-corrected chi connectivity index (χ1v) is 17.1. The van der Waals surface area contributed by atoms with Gasteiger partial charge in [0, 0.05) is 31.1 Å². The lowest BCUT2D eigenvalue weighted by Gasteiger charge is -2.65. The highest BCUT2D eigenvalue weighted by molar-refractivity contribution is 5.77. The van der Waals surface area contributed by atoms with Gasteiger partial charge in [0.25, 0.3) is 0 Å². The number of ether oxygens (including phenoxy) is 1. The van der Waals surface area contributed by atoms with Crippen molar-refractivity contribution in [2.45, 2.75) is 139 Å². The molecule has 3 saturated carbocycles. The summed E-state index contributed by atoms with van der Waals surface area (Å²) < 4.78 is 6.81. The fourth-order valence-electron chi connectivity index (χ4n) is 9.92. The maximum Gasteiger partial charge on any atom is 0.222 e. The van der Waals surface area contributed by atoms with Crippen LogP contribution in [0.15, 0.2) is 12.1 Å². The Morgan fingerprint density at radius 1 is 1.07 bits per heavy atom. The van der Waals surface area contributed by atoms with Crippen molar-refractivity contribution in [3.8, 4) is 11.5 Å². The molecule has 6 nitrogen and oxygen atoms in total. The van der Waals surface area contributed by atoms with Gasteiger partial charge in [-0.25, -0.2) is 0 Å². The molecule has 0 radical (unpaired) electrons. The first kappa shape index (κ1) is 28.0. The average Bonchev–Trinajstić information content (AvgIpc) is 3.70. The summed E-state index contributed by atoms with van der Waals surface area (Å²) in [6.07, 6.45) is 16.2. The van der Waals surface area contributed by atoms with E-state index < -0.39 is 11.0 Å². The van der Waals surface area contributed by atoms with Gasteiger partial charge in [0.2, 0.25) is 5.91 Å². The van der Waals surface area contributed by atoms with Crippen LogP contribution in [0.2, 0.25) is 0 Å². The molecule has 7 rings (SSSR count). The highest BCUT2D eigenvalue weighted by Gasteiger charge is 2.73. The maximum atomic E-state index is 14.0. The van der Waals surface area contributed by atoms with E-state index >= 15 is 0 Å². The lowest BCUT2D eigenvalue weighted by Crippen LogP contribution is -2.78. The van der Waals surface area contributed by atoms with Crippen LogP contribution in [0.1, 0.15) is 115 Å². The molecular weight excluding hydrogens is 512 g/mol. The molecule has 41 heavy (non-hydrogen) atoms. The molecule has 5 atom stereocenters. The van der Waals surface area contributed by atoms with Crippen molar-refractivity contribution in [1.82, 2.24) is 9.80 Å². The lowest BCUT2D eigenvalue weighted by atomic mass is 9.48. The molecule has 1 aromatic carbocycles. The van der Waals surface area contributed by atoms with Gasteiger partial charge in [-0.3, -0.25) is 9.69 Å². The van der Waals surface area contributed by atoms with Crippen LogP contribution in [-0.4, -0.2) is 69.3 Å². The number of unbranched alkanes of at least 4 members (excludes halogenated alkanes) is 1. The molecule has 6 aliphatic rings. The molecule has 6 heteroatoms. The minimum absolute atomic E-state index is 0.0703. The van der Waals surface area contributed by atoms with Gasteiger partial charge < -0.3 is 19.8 Å². The van der Waals surface area contributed by atoms with E-state index in [2.05, 4.69) is 29.7 Å². The third-order valence-corrected chi connectivity index (χ3v) is 12.0. The smallest absolute Gasteiger partial charge is 0.222 e. The number of rotatable bonds is 10. The number of aliphatic hydroxyl groups is 1. The van der Waals surface area contributed by atoms with Crippen LogP contribution in [0.25, 0.3) is 0 Å². The zero-order chi connectivity index (χ0) is 28.4. The summed E-state index contributed by atoms with van der Waals surface area (Å²) in [5.74, 6) is 2.99. The minimum atomic E-state index is -0.903. The monoisotopic (exact) mass is 564 g/mol. The van der Waals surface area contributed by atoms with Crippen molar-refractivity contribution in [1.29, 1.82) is 0 Å². The van der Waals surface area contributed by atoms with E-state index in [0.717, 1.165) is 62.6 Å². The maximum absolute atomic E-state index is 14.0. The molecule has 1 spiro atoms. The van der Waals surface area contributed by atoms with Gasteiger partial charge >= 0.3 is 0 Å². The fraction of sp³-hybridized carbons (Fsp3) is 0.800. The summed E-state index contributed by atoms with van der Waals surface area (Å²) in [5, 5.41) is 23.8. The number of phenolic OH excluding ortho intramolecular Hbond substituents is 1. The first-order chi connectivity index (χ1) is 19.8. The second kappa shape index (κ2) is 10.7. The second-order valence-electron chi connectivity index (χ2n) is 15.1. The Bertz CT molecular complexity index is 1140. The summed E-state index contributed by atoms with van der Waals surface area (Å²) in [6.45, 7) is 7.14. The van der Waals surface area contributed by atoms with E-state index in [1.54, 1.807) is 6.07 Å². The average molecular weight is 565 g/mol. The van der Waals surface area contributed by atoms with Crippen LogP contribution in [0.5, 0.6) is 11.5 Å². The number of phenols is 1. The number of likely N-dealkylation sites (tertiary alicyclic amines) is 1. The Hall–Kier alpha value is -1.79. The van der Waals surface area contributed by atoms with E-state index in [0.29, 0.717) is 31.1 Å². The molecule has 1 aromatic rings. The number of aromatic hydroxyl groups is 1. The number of amides is 1. The Kier molecular flexibility index (Phi) is 7.33. The number of benzene rings is 1. The molecule has 2 aliphatic heterocycles. The van der Waals surface area contributed by atoms with Crippen molar-refractivity contribution in [3.05, 3.63) is 23.3 Å². The van der Waals surface area contributed by atoms with Gasteiger partial charge in [0.1, 0.15) is 6.10 Å². The zero-order valence-electron chi connectivity index (χ0n) is 25.5. The van der Waals surface area contributed by atoms with Gasteiger partial charge in [-0.05, 0) is 80.9 Å². The Labute approximate surface area is 246 Å². The SMILES string of the molecule is CC(C)CN(C(=O)CCCCC1CCCCC1)[C@@H]1CC[C@@]2(O)[C@H]3Cc4ccc(O)c5c4[C@@]2(CCN3CC2CC2)[C@H]1O5. The number of carbonyl (C=O) groups excluding carboxylic acids is 1. The third-order valence-electron chi connectivity index (χ3n) is 12.0. The number of hydrogen-bond donors (Lipinski definition) is 2. The first-order valence-electron chi connectivity index (χ1n) is 17.1. The van der Waals surface area contributed by atoms with Crippen LogP contribution < -0.4 is 4.74 Å². The van der Waals surface area contributed by atoms with Crippen molar-refractivity contribution in [2.24, 2.45) is 17.8 Å². The normalized spacial score (nSPS) is 34.4. The zero-order valence-corrected chi connectivity index (χ0v) is 25.5. The topological polar surface area (TPSA) is 73.2 Å². The van der Waals surface area contributed by atoms with Gasteiger partial charge in [-0.2, -0.15) is 0 Å². The Morgan fingerprint density at radius 2 is 1.88 bits per heavy atom. The molecule has 2 N–H and O–H groups in total.